The molecule has 0 bridgehead atoms. The molecule has 0 spiro atoms. The first-order chi connectivity index (χ1) is 13.9. The van der Waals surface area contributed by atoms with Crippen LogP contribution in [0.3, 0.4) is 0 Å². The van der Waals surface area contributed by atoms with Gasteiger partial charge < -0.3 is 10.3 Å². The number of aldehydes is 1. The van der Waals surface area contributed by atoms with Crippen LogP contribution in [0.15, 0.2) is 59.3 Å². The summed E-state index contributed by atoms with van der Waals surface area (Å²) in [5, 5.41) is 0.904. The summed E-state index contributed by atoms with van der Waals surface area (Å²) in [4.78, 5) is 12.0. The van der Waals surface area contributed by atoms with Crippen LogP contribution in [0.1, 0.15) is 16.1 Å². The number of rotatable bonds is 7. The molecule has 0 amide bonds. The Balaban J connectivity index is 2.25. The van der Waals surface area contributed by atoms with Gasteiger partial charge in [0, 0.05) is 34.3 Å². The molecule has 0 saturated carbocycles. The summed E-state index contributed by atoms with van der Waals surface area (Å²) in [6, 6.07) is 12.9. The van der Waals surface area contributed by atoms with E-state index in [4.69, 9.17) is 5.73 Å². The van der Waals surface area contributed by atoms with Gasteiger partial charge in [0.1, 0.15) is 23.1 Å². The van der Waals surface area contributed by atoms with E-state index in [-0.39, 0.29) is 18.9 Å². The molecule has 7 heteroatoms. The maximum Gasteiger partial charge on any atom is 0.150 e. The van der Waals surface area contributed by atoms with E-state index in [0.29, 0.717) is 10.5 Å². The van der Waals surface area contributed by atoms with Crippen LogP contribution in [0.25, 0.3) is 22.0 Å². The van der Waals surface area contributed by atoms with Crippen LogP contribution in [-0.4, -0.2) is 40.0 Å². The van der Waals surface area contributed by atoms with Crippen molar-refractivity contribution in [2.45, 2.75) is 18.4 Å². The highest BCUT2D eigenvalue weighted by molar-refractivity contribution is 7.82. The zero-order chi connectivity index (χ0) is 21.1. The molecule has 1 aromatic heterocycles. The molecule has 2 aromatic carbocycles. The van der Waals surface area contributed by atoms with Gasteiger partial charge in [0.05, 0.1) is 11.4 Å². The molecular weight excluding hydrogens is 389 g/mol. The van der Waals surface area contributed by atoms with Gasteiger partial charge in [-0.05, 0) is 50.9 Å². The third-order valence-electron chi connectivity index (χ3n) is 4.79. The molecule has 0 aliphatic heterocycles. The van der Waals surface area contributed by atoms with Gasteiger partial charge in [0.2, 0.25) is 0 Å². The number of allylic oxidation sites excluding steroid dienone is 1. The quantitative estimate of drug-likeness (QED) is 0.599. The fourth-order valence-corrected chi connectivity index (χ4v) is 4.29. The SMILES string of the molecule is Cc1c(-c2cccc(S(=O)N(C)C)c2)c2ccc(C=O)cc2n1C/C(F)=C/CN. The second-order valence-electron chi connectivity index (χ2n) is 6.92. The lowest BCUT2D eigenvalue weighted by molar-refractivity contribution is 0.112. The molecule has 3 aromatic rings. The van der Waals surface area contributed by atoms with Gasteiger partial charge in [0.25, 0.3) is 0 Å². The molecule has 3 rings (SSSR count). The Hall–Kier alpha value is -2.61. The smallest absolute Gasteiger partial charge is 0.150 e. The van der Waals surface area contributed by atoms with E-state index in [2.05, 4.69) is 0 Å². The molecule has 29 heavy (non-hydrogen) atoms. The number of aromatic nitrogens is 1. The second kappa shape index (κ2) is 8.82. The largest absolute Gasteiger partial charge is 0.337 e. The number of benzene rings is 2. The Labute approximate surface area is 172 Å². The van der Waals surface area contributed by atoms with Crippen LogP contribution in [0, 0.1) is 6.92 Å². The van der Waals surface area contributed by atoms with E-state index in [0.717, 1.165) is 34.0 Å². The summed E-state index contributed by atoms with van der Waals surface area (Å²) in [6.45, 7) is 2.07. The van der Waals surface area contributed by atoms with Gasteiger partial charge in [-0.1, -0.05) is 24.3 Å². The number of carbonyl (C=O) groups is 1. The molecule has 2 N–H and O–H groups in total. The van der Waals surface area contributed by atoms with Crippen molar-refractivity contribution < 1.29 is 13.4 Å². The molecule has 0 aliphatic rings. The Morgan fingerprint density at radius 3 is 2.66 bits per heavy atom. The summed E-state index contributed by atoms with van der Waals surface area (Å²) in [5.74, 6) is -0.335. The van der Waals surface area contributed by atoms with E-state index in [9.17, 15) is 13.4 Å². The predicted molar refractivity (Wildman–Crippen MR) is 116 cm³/mol. The average molecular weight is 414 g/mol. The zero-order valence-corrected chi connectivity index (χ0v) is 17.5. The number of nitrogens with two attached hydrogens (primary N) is 1. The van der Waals surface area contributed by atoms with Crippen molar-refractivity contribution in [3.63, 3.8) is 0 Å². The van der Waals surface area contributed by atoms with E-state index < -0.39 is 11.0 Å². The monoisotopic (exact) mass is 413 g/mol. The topological polar surface area (TPSA) is 68.3 Å². The minimum Gasteiger partial charge on any atom is -0.337 e. The van der Waals surface area contributed by atoms with Crippen molar-refractivity contribution >= 4 is 28.2 Å². The standard InChI is InChI=1S/C22H24FN3O2S/c1-15-22(17-5-4-6-19(12-17)29(28)25(2)3)20-8-7-16(14-27)11-21(20)26(15)13-18(23)9-10-24/h4-9,11-12,14H,10,13,24H2,1-3H3/b18-9-. The summed E-state index contributed by atoms with van der Waals surface area (Å²) in [5.41, 5.74) is 9.40. The molecule has 1 atom stereocenters. The number of carbonyl (C=O) groups excluding carboxylic acids is 1. The second-order valence-corrected chi connectivity index (χ2v) is 8.62. The molecule has 152 valence electrons. The number of halogens is 1. The summed E-state index contributed by atoms with van der Waals surface area (Å²) < 4.78 is 30.3. The fraction of sp³-hybridized carbons (Fsp3) is 0.227. The molecular formula is C22H24FN3O2S. The van der Waals surface area contributed by atoms with Gasteiger partial charge in [-0.15, -0.1) is 0 Å². The van der Waals surface area contributed by atoms with E-state index in [1.54, 1.807) is 30.5 Å². The first kappa shape index (κ1) is 21.1. The lowest BCUT2D eigenvalue weighted by Gasteiger charge is -2.11. The molecule has 1 heterocycles. The first-order valence-electron chi connectivity index (χ1n) is 9.19. The van der Waals surface area contributed by atoms with Crippen molar-refractivity contribution in [3.8, 4) is 11.1 Å². The van der Waals surface area contributed by atoms with Crippen LogP contribution in [-0.2, 0) is 17.5 Å². The lowest BCUT2D eigenvalue weighted by atomic mass is 10.0. The number of hydrogen-bond donors (Lipinski definition) is 1. The number of hydrogen-bond acceptors (Lipinski definition) is 3. The van der Waals surface area contributed by atoms with Gasteiger partial charge in [-0.25, -0.2) is 12.9 Å². The third-order valence-corrected chi connectivity index (χ3v) is 6.11. The Morgan fingerprint density at radius 1 is 1.24 bits per heavy atom. The lowest BCUT2D eigenvalue weighted by Crippen LogP contribution is -2.15. The minimum absolute atomic E-state index is 0.0329. The molecule has 0 saturated heterocycles. The van der Waals surface area contributed by atoms with Gasteiger partial charge in [-0.2, -0.15) is 0 Å². The minimum atomic E-state index is -1.27. The summed E-state index contributed by atoms with van der Waals surface area (Å²) in [7, 11) is 2.24. The number of fused-ring (bicyclic) bond motifs is 1. The average Bonchev–Trinajstić information content (AvgIpc) is 2.98. The zero-order valence-electron chi connectivity index (χ0n) is 16.7. The van der Waals surface area contributed by atoms with E-state index >= 15 is 0 Å². The van der Waals surface area contributed by atoms with Crippen LogP contribution in [0.5, 0.6) is 0 Å². The molecule has 0 fully saturated rings. The fourth-order valence-electron chi connectivity index (χ4n) is 3.45. The van der Waals surface area contributed by atoms with Crippen molar-refractivity contribution in [3.05, 3.63) is 65.6 Å². The van der Waals surface area contributed by atoms with Crippen molar-refractivity contribution in [2.75, 3.05) is 20.6 Å². The summed E-state index contributed by atoms with van der Waals surface area (Å²) >= 11 is 0. The van der Waals surface area contributed by atoms with Crippen molar-refractivity contribution in [1.29, 1.82) is 0 Å². The first-order valence-corrected chi connectivity index (χ1v) is 10.3. The maximum absolute atomic E-state index is 14.3. The van der Waals surface area contributed by atoms with E-state index in [1.807, 2.05) is 41.8 Å². The highest BCUT2D eigenvalue weighted by Gasteiger charge is 2.18. The van der Waals surface area contributed by atoms with Gasteiger partial charge in [0.15, 0.2) is 0 Å². The van der Waals surface area contributed by atoms with Crippen LogP contribution in [0.4, 0.5) is 4.39 Å². The molecule has 0 radical (unpaired) electrons. The van der Waals surface area contributed by atoms with Gasteiger partial charge >= 0.3 is 0 Å². The third kappa shape index (κ3) is 4.22. The van der Waals surface area contributed by atoms with Crippen molar-refractivity contribution in [2.24, 2.45) is 5.73 Å². The maximum atomic E-state index is 14.3. The Bertz CT molecular complexity index is 1120. The molecule has 0 aliphatic carbocycles. The highest BCUT2D eigenvalue weighted by Crippen LogP contribution is 2.36. The van der Waals surface area contributed by atoms with E-state index in [1.165, 1.54) is 6.08 Å². The number of nitrogens with zero attached hydrogens (tertiary/aromatic N) is 2. The predicted octanol–water partition coefficient (Wildman–Crippen LogP) is 3.83. The van der Waals surface area contributed by atoms with Crippen LogP contribution in [0.2, 0.25) is 0 Å². The molecule has 5 nitrogen and oxygen atoms in total. The van der Waals surface area contributed by atoms with Crippen LogP contribution >= 0.6 is 0 Å². The Kier molecular flexibility index (Phi) is 6.42. The Morgan fingerprint density at radius 2 is 2.00 bits per heavy atom. The summed E-state index contributed by atoms with van der Waals surface area (Å²) in [6.07, 6.45) is 2.12. The normalized spacial score (nSPS) is 13.2. The van der Waals surface area contributed by atoms with Crippen molar-refractivity contribution in [1.82, 2.24) is 8.87 Å². The highest BCUT2D eigenvalue weighted by atomic mass is 32.2. The molecule has 1 unspecified atom stereocenters. The van der Waals surface area contributed by atoms with Crippen LogP contribution < -0.4 is 5.73 Å². The van der Waals surface area contributed by atoms with Gasteiger partial charge in [-0.3, -0.25) is 4.79 Å².